The fourth-order valence-electron chi connectivity index (χ4n) is 2.28. The first-order valence-corrected chi connectivity index (χ1v) is 7.83. The van der Waals surface area contributed by atoms with Crippen LogP contribution in [-0.4, -0.2) is 31.4 Å². The molecule has 26 heavy (non-hydrogen) atoms. The number of amides is 2. The third-order valence-electron chi connectivity index (χ3n) is 3.46. The molecule has 0 aliphatic heterocycles. The molecular formula is C17H18N6O3. The van der Waals surface area contributed by atoms with Crippen LogP contribution < -0.4 is 10.6 Å². The number of carbonyl (C=O) groups excluding carboxylic acids is 2. The second-order valence-electron chi connectivity index (χ2n) is 5.60. The standard InChI is InChI=1S/C17H18N6O3/c1-22-10-12(8-19-22)5-6-15(24)20-14-11-23(2)21-16(14)17(25)18-9-13-4-3-7-26-13/h3-8,10-11H,9H2,1-2H3,(H,18,25)(H,20,24)/b6-5+. The summed E-state index contributed by atoms with van der Waals surface area (Å²) in [7, 11) is 3.46. The van der Waals surface area contributed by atoms with Crippen LogP contribution in [0.25, 0.3) is 6.08 Å². The van der Waals surface area contributed by atoms with E-state index in [9.17, 15) is 9.59 Å². The van der Waals surface area contributed by atoms with Crippen LogP contribution in [0.1, 0.15) is 21.8 Å². The molecular weight excluding hydrogens is 336 g/mol. The normalized spacial score (nSPS) is 11.0. The maximum absolute atomic E-state index is 12.3. The van der Waals surface area contributed by atoms with E-state index >= 15 is 0 Å². The molecule has 0 aliphatic carbocycles. The molecule has 0 aromatic carbocycles. The van der Waals surface area contributed by atoms with Gasteiger partial charge in [0.15, 0.2) is 5.69 Å². The molecule has 2 N–H and O–H groups in total. The fraction of sp³-hybridized carbons (Fsp3) is 0.176. The van der Waals surface area contributed by atoms with Gasteiger partial charge in [0.05, 0.1) is 24.7 Å². The number of furan rings is 1. The van der Waals surface area contributed by atoms with Gasteiger partial charge in [-0.05, 0) is 18.2 Å². The van der Waals surface area contributed by atoms with E-state index in [0.717, 1.165) is 5.56 Å². The van der Waals surface area contributed by atoms with Gasteiger partial charge >= 0.3 is 0 Å². The maximum Gasteiger partial charge on any atom is 0.274 e. The Hall–Kier alpha value is -3.62. The molecule has 2 amide bonds. The van der Waals surface area contributed by atoms with Crippen molar-refractivity contribution in [2.45, 2.75) is 6.54 Å². The summed E-state index contributed by atoms with van der Waals surface area (Å²) in [6.45, 7) is 0.233. The predicted octanol–water partition coefficient (Wildman–Crippen LogP) is 1.33. The summed E-state index contributed by atoms with van der Waals surface area (Å²) >= 11 is 0. The summed E-state index contributed by atoms with van der Waals surface area (Å²) in [5.74, 6) is -0.158. The molecule has 0 radical (unpaired) electrons. The molecule has 9 nitrogen and oxygen atoms in total. The largest absolute Gasteiger partial charge is 0.467 e. The number of carbonyl (C=O) groups is 2. The highest BCUT2D eigenvalue weighted by molar-refractivity contribution is 6.06. The SMILES string of the molecule is Cn1cc(/C=C/C(=O)Nc2cn(C)nc2C(=O)NCc2ccco2)cn1. The summed E-state index contributed by atoms with van der Waals surface area (Å²) in [5.41, 5.74) is 1.25. The van der Waals surface area contributed by atoms with E-state index in [1.807, 2.05) is 0 Å². The molecule has 3 aromatic heterocycles. The average Bonchev–Trinajstić information content (AvgIpc) is 3.33. The number of hydrogen-bond donors (Lipinski definition) is 2. The van der Waals surface area contributed by atoms with Crippen molar-refractivity contribution in [1.82, 2.24) is 24.9 Å². The lowest BCUT2D eigenvalue weighted by molar-refractivity contribution is -0.111. The highest BCUT2D eigenvalue weighted by atomic mass is 16.3. The molecule has 0 atom stereocenters. The molecule has 3 rings (SSSR count). The van der Waals surface area contributed by atoms with Gasteiger partial charge in [0, 0.05) is 38.1 Å². The minimum absolute atomic E-state index is 0.127. The van der Waals surface area contributed by atoms with Crippen molar-refractivity contribution >= 4 is 23.6 Å². The quantitative estimate of drug-likeness (QED) is 0.650. The van der Waals surface area contributed by atoms with Gasteiger partial charge < -0.3 is 15.1 Å². The molecule has 9 heteroatoms. The van der Waals surface area contributed by atoms with Gasteiger partial charge in [0.1, 0.15) is 5.76 Å². The van der Waals surface area contributed by atoms with Gasteiger partial charge in [-0.1, -0.05) is 0 Å². The summed E-state index contributed by atoms with van der Waals surface area (Å²) in [6, 6.07) is 3.49. The van der Waals surface area contributed by atoms with Gasteiger partial charge in [-0.15, -0.1) is 0 Å². The molecule has 0 saturated carbocycles. The third-order valence-corrected chi connectivity index (χ3v) is 3.46. The van der Waals surface area contributed by atoms with Crippen LogP contribution in [0.5, 0.6) is 0 Å². The zero-order valence-corrected chi connectivity index (χ0v) is 14.3. The summed E-state index contributed by atoms with van der Waals surface area (Å²) in [5, 5.41) is 13.5. The number of hydrogen-bond acceptors (Lipinski definition) is 5. The van der Waals surface area contributed by atoms with Crippen molar-refractivity contribution in [3.05, 3.63) is 60.1 Å². The second kappa shape index (κ2) is 7.51. The van der Waals surface area contributed by atoms with Crippen molar-refractivity contribution in [1.29, 1.82) is 0 Å². The van der Waals surface area contributed by atoms with E-state index in [1.54, 1.807) is 55.6 Å². The van der Waals surface area contributed by atoms with E-state index in [4.69, 9.17) is 4.42 Å². The third kappa shape index (κ3) is 4.26. The highest BCUT2D eigenvalue weighted by Gasteiger charge is 2.17. The van der Waals surface area contributed by atoms with Gasteiger partial charge in [-0.3, -0.25) is 19.0 Å². The van der Waals surface area contributed by atoms with Crippen LogP contribution >= 0.6 is 0 Å². The first-order valence-electron chi connectivity index (χ1n) is 7.83. The van der Waals surface area contributed by atoms with Crippen LogP contribution in [0.3, 0.4) is 0 Å². The van der Waals surface area contributed by atoms with Gasteiger partial charge in [-0.2, -0.15) is 10.2 Å². The molecule has 3 heterocycles. The highest BCUT2D eigenvalue weighted by Crippen LogP contribution is 2.14. The van der Waals surface area contributed by atoms with Crippen molar-refractivity contribution in [3.8, 4) is 0 Å². The average molecular weight is 354 g/mol. The second-order valence-corrected chi connectivity index (χ2v) is 5.60. The minimum atomic E-state index is -0.409. The molecule has 3 aromatic rings. The lowest BCUT2D eigenvalue weighted by Gasteiger charge is -2.04. The number of aryl methyl sites for hydroxylation is 2. The van der Waals surface area contributed by atoms with Crippen LogP contribution in [0.15, 0.2) is 47.5 Å². The molecule has 0 saturated heterocycles. The Kier molecular flexibility index (Phi) is 4.97. The monoisotopic (exact) mass is 354 g/mol. The Bertz CT molecular complexity index is 936. The van der Waals surface area contributed by atoms with Crippen molar-refractivity contribution in [3.63, 3.8) is 0 Å². The molecule has 134 valence electrons. The van der Waals surface area contributed by atoms with Crippen LogP contribution in [-0.2, 0) is 25.4 Å². The summed E-state index contributed by atoms with van der Waals surface area (Å²) < 4.78 is 8.27. The topological polar surface area (TPSA) is 107 Å². The number of rotatable bonds is 6. The smallest absolute Gasteiger partial charge is 0.274 e. The summed E-state index contributed by atoms with van der Waals surface area (Å²) in [4.78, 5) is 24.4. The summed E-state index contributed by atoms with van der Waals surface area (Å²) in [6.07, 6.45) is 9.52. The molecule has 0 bridgehead atoms. The van der Waals surface area contributed by atoms with E-state index in [0.29, 0.717) is 11.4 Å². The van der Waals surface area contributed by atoms with E-state index < -0.39 is 5.91 Å². The first kappa shape index (κ1) is 17.2. The van der Waals surface area contributed by atoms with Crippen molar-refractivity contribution in [2.75, 3.05) is 5.32 Å². The van der Waals surface area contributed by atoms with E-state index in [2.05, 4.69) is 20.8 Å². The molecule has 0 fully saturated rings. The molecule has 0 aliphatic rings. The number of nitrogens with one attached hydrogen (secondary N) is 2. The Morgan fingerprint density at radius 1 is 1.27 bits per heavy atom. The van der Waals surface area contributed by atoms with Crippen LogP contribution in [0.2, 0.25) is 0 Å². The Balaban J connectivity index is 1.65. The van der Waals surface area contributed by atoms with Crippen molar-refractivity contribution < 1.29 is 14.0 Å². The number of aromatic nitrogens is 4. The zero-order chi connectivity index (χ0) is 18.5. The zero-order valence-electron chi connectivity index (χ0n) is 14.3. The molecule has 0 unspecified atom stereocenters. The Morgan fingerprint density at radius 3 is 2.81 bits per heavy atom. The van der Waals surface area contributed by atoms with Gasteiger partial charge in [-0.25, -0.2) is 0 Å². The fourth-order valence-corrected chi connectivity index (χ4v) is 2.28. The van der Waals surface area contributed by atoms with Gasteiger partial charge in [0.2, 0.25) is 5.91 Å². The van der Waals surface area contributed by atoms with Crippen LogP contribution in [0, 0.1) is 0 Å². The van der Waals surface area contributed by atoms with E-state index in [-0.39, 0.29) is 18.1 Å². The van der Waals surface area contributed by atoms with Crippen LogP contribution in [0.4, 0.5) is 5.69 Å². The Morgan fingerprint density at radius 2 is 2.12 bits per heavy atom. The predicted molar refractivity (Wildman–Crippen MR) is 94.0 cm³/mol. The van der Waals surface area contributed by atoms with E-state index in [1.165, 1.54) is 17.0 Å². The lowest BCUT2D eigenvalue weighted by Crippen LogP contribution is -2.24. The number of nitrogens with zero attached hydrogens (tertiary/aromatic N) is 4. The first-order chi connectivity index (χ1) is 12.5. The molecule has 0 spiro atoms. The van der Waals surface area contributed by atoms with Crippen molar-refractivity contribution in [2.24, 2.45) is 14.1 Å². The maximum atomic E-state index is 12.3. The van der Waals surface area contributed by atoms with Gasteiger partial charge in [0.25, 0.3) is 5.91 Å². The Labute approximate surface area is 149 Å². The minimum Gasteiger partial charge on any atom is -0.467 e. The number of anilines is 1. The lowest BCUT2D eigenvalue weighted by atomic mass is 10.3.